The van der Waals surface area contributed by atoms with Gasteiger partial charge >= 0.3 is 0 Å². The van der Waals surface area contributed by atoms with Crippen LogP contribution in [-0.4, -0.2) is 49.1 Å². The predicted molar refractivity (Wildman–Crippen MR) is 149 cm³/mol. The quantitative estimate of drug-likeness (QED) is 0.267. The average Bonchev–Trinajstić information content (AvgIpc) is 3.72. The Kier molecular flexibility index (Phi) is 5.94. The van der Waals surface area contributed by atoms with E-state index in [9.17, 15) is 4.79 Å². The van der Waals surface area contributed by atoms with Crippen molar-refractivity contribution in [1.29, 1.82) is 0 Å². The third-order valence-corrected chi connectivity index (χ3v) is 7.98. The van der Waals surface area contributed by atoms with Gasteiger partial charge in [-0.05, 0) is 50.3 Å². The first-order chi connectivity index (χ1) is 19.1. The number of H-pyrrole nitrogens is 2. The number of halogens is 1. The molecule has 0 bridgehead atoms. The Bertz CT molecular complexity index is 1680. The van der Waals surface area contributed by atoms with Gasteiger partial charge in [-0.1, -0.05) is 12.8 Å². The van der Waals surface area contributed by atoms with Gasteiger partial charge in [0, 0.05) is 54.0 Å². The van der Waals surface area contributed by atoms with Crippen LogP contribution in [0.3, 0.4) is 0 Å². The molecule has 3 N–H and O–H groups in total. The molecule has 4 aromatic heterocycles. The minimum absolute atomic E-state index is 0.00177. The van der Waals surface area contributed by atoms with Crippen molar-refractivity contribution in [3.05, 3.63) is 48.7 Å². The average molecular weight is 525 g/mol. The number of aromatic nitrogens is 6. The van der Waals surface area contributed by atoms with Crippen molar-refractivity contribution in [2.75, 3.05) is 23.3 Å². The summed E-state index contributed by atoms with van der Waals surface area (Å²) in [5, 5.41) is 11.1. The van der Waals surface area contributed by atoms with Gasteiger partial charge in [0.1, 0.15) is 17.0 Å². The topological polar surface area (TPSA) is 115 Å². The van der Waals surface area contributed by atoms with Gasteiger partial charge in [-0.3, -0.25) is 14.9 Å². The molecule has 0 radical (unpaired) electrons. The molecule has 39 heavy (non-hydrogen) atoms. The Hall–Kier alpha value is -4.34. The Morgan fingerprint density at radius 1 is 1.05 bits per heavy atom. The van der Waals surface area contributed by atoms with Gasteiger partial charge in [0.05, 0.1) is 23.1 Å². The molecule has 7 rings (SSSR count). The van der Waals surface area contributed by atoms with Gasteiger partial charge in [0.25, 0.3) is 0 Å². The van der Waals surface area contributed by atoms with Crippen LogP contribution in [0.5, 0.6) is 0 Å². The van der Waals surface area contributed by atoms with Crippen LogP contribution in [0, 0.1) is 11.7 Å². The van der Waals surface area contributed by atoms with Crippen molar-refractivity contribution in [2.24, 2.45) is 5.92 Å². The molecule has 0 atom stereocenters. The maximum absolute atomic E-state index is 15.3. The van der Waals surface area contributed by atoms with E-state index in [1.807, 2.05) is 6.07 Å². The molecule has 198 valence electrons. The zero-order valence-electron chi connectivity index (χ0n) is 21.5. The van der Waals surface area contributed by atoms with Crippen LogP contribution in [0.15, 0.2) is 42.9 Å². The fourth-order valence-electron chi connectivity index (χ4n) is 5.94. The summed E-state index contributed by atoms with van der Waals surface area (Å²) in [5.41, 5.74) is 5.26. The number of nitrogens with zero attached hydrogens (tertiary/aromatic N) is 5. The van der Waals surface area contributed by atoms with Crippen LogP contribution in [0.4, 0.5) is 15.8 Å². The highest BCUT2D eigenvalue weighted by molar-refractivity contribution is 5.97. The van der Waals surface area contributed by atoms with Crippen LogP contribution < -0.4 is 10.2 Å². The number of hydrogen-bond donors (Lipinski definition) is 3. The first-order valence-electron chi connectivity index (χ1n) is 13.7. The fourth-order valence-corrected chi connectivity index (χ4v) is 5.94. The van der Waals surface area contributed by atoms with Crippen LogP contribution >= 0.6 is 0 Å². The molecule has 10 heteroatoms. The number of rotatable bonds is 5. The molecule has 5 aromatic rings. The number of carbonyl (C=O) groups excluding carboxylic acids is 1. The van der Waals surface area contributed by atoms with E-state index in [-0.39, 0.29) is 11.8 Å². The largest absolute Gasteiger partial charge is 0.370 e. The second kappa shape index (κ2) is 9.76. The molecular formula is C29H29FN8O. The SMILES string of the molecule is O=C(Nc1cncc(-c2cc3c(-c4nc5nccc(N6CCCCC6)c5[nH]4)n[nH]c3cc2F)c1)C1CCCC1. The zero-order chi connectivity index (χ0) is 26.3. The summed E-state index contributed by atoms with van der Waals surface area (Å²) in [6, 6.07) is 6.98. The van der Waals surface area contributed by atoms with E-state index in [4.69, 9.17) is 4.98 Å². The van der Waals surface area contributed by atoms with Crippen molar-refractivity contribution in [1.82, 2.24) is 30.1 Å². The second-order valence-corrected chi connectivity index (χ2v) is 10.5. The highest BCUT2D eigenvalue weighted by Gasteiger charge is 2.23. The van der Waals surface area contributed by atoms with Crippen LogP contribution in [0.25, 0.3) is 44.7 Å². The van der Waals surface area contributed by atoms with Gasteiger partial charge in [-0.25, -0.2) is 14.4 Å². The molecule has 0 unspecified atom stereocenters. The minimum atomic E-state index is -0.405. The summed E-state index contributed by atoms with van der Waals surface area (Å²) in [5.74, 6) is 0.199. The lowest BCUT2D eigenvalue weighted by molar-refractivity contribution is -0.119. The molecular weight excluding hydrogens is 495 g/mol. The van der Waals surface area contributed by atoms with E-state index in [1.165, 1.54) is 25.3 Å². The Morgan fingerprint density at radius 3 is 2.74 bits per heavy atom. The van der Waals surface area contributed by atoms with E-state index in [0.717, 1.165) is 55.4 Å². The predicted octanol–water partition coefficient (Wildman–Crippen LogP) is 5.82. The third-order valence-electron chi connectivity index (χ3n) is 7.98. The van der Waals surface area contributed by atoms with Crippen LogP contribution in [-0.2, 0) is 4.79 Å². The highest BCUT2D eigenvalue weighted by Crippen LogP contribution is 2.34. The first-order valence-corrected chi connectivity index (χ1v) is 13.7. The van der Waals surface area contributed by atoms with Gasteiger partial charge in [-0.2, -0.15) is 5.10 Å². The number of piperidine rings is 1. The zero-order valence-corrected chi connectivity index (χ0v) is 21.5. The molecule has 1 aliphatic heterocycles. The number of anilines is 2. The van der Waals surface area contributed by atoms with Crippen LogP contribution in [0.2, 0.25) is 0 Å². The van der Waals surface area contributed by atoms with E-state index in [2.05, 4.69) is 35.4 Å². The van der Waals surface area contributed by atoms with E-state index in [0.29, 0.717) is 39.5 Å². The smallest absolute Gasteiger partial charge is 0.227 e. The first kappa shape index (κ1) is 23.8. The van der Waals surface area contributed by atoms with Crippen molar-refractivity contribution in [3.8, 4) is 22.6 Å². The second-order valence-electron chi connectivity index (χ2n) is 10.5. The Balaban J connectivity index is 1.25. The molecule has 2 fully saturated rings. The number of nitrogens with one attached hydrogen (secondary N) is 3. The number of carbonyl (C=O) groups is 1. The summed E-state index contributed by atoms with van der Waals surface area (Å²) >= 11 is 0. The summed E-state index contributed by atoms with van der Waals surface area (Å²) in [6.45, 7) is 2.02. The number of fused-ring (bicyclic) bond motifs is 2. The summed E-state index contributed by atoms with van der Waals surface area (Å²) in [6.07, 6.45) is 12.6. The Morgan fingerprint density at radius 2 is 1.90 bits per heavy atom. The molecule has 1 amide bonds. The molecule has 0 spiro atoms. The molecule has 1 saturated heterocycles. The minimum Gasteiger partial charge on any atom is -0.370 e. The lowest BCUT2D eigenvalue weighted by atomic mass is 10.0. The van der Waals surface area contributed by atoms with E-state index in [1.54, 1.807) is 30.7 Å². The maximum Gasteiger partial charge on any atom is 0.227 e. The number of benzene rings is 1. The molecule has 1 aliphatic carbocycles. The summed E-state index contributed by atoms with van der Waals surface area (Å²) in [4.78, 5) is 31.9. The summed E-state index contributed by atoms with van der Waals surface area (Å²) in [7, 11) is 0. The van der Waals surface area contributed by atoms with Gasteiger partial charge in [0.15, 0.2) is 11.5 Å². The van der Waals surface area contributed by atoms with E-state index >= 15 is 4.39 Å². The lowest BCUT2D eigenvalue weighted by Gasteiger charge is -2.28. The molecule has 2 aliphatic rings. The highest BCUT2D eigenvalue weighted by atomic mass is 19.1. The van der Waals surface area contributed by atoms with Gasteiger partial charge in [0.2, 0.25) is 5.91 Å². The molecule has 9 nitrogen and oxygen atoms in total. The number of imidazole rings is 1. The molecule has 1 saturated carbocycles. The van der Waals surface area contributed by atoms with Crippen molar-refractivity contribution < 1.29 is 9.18 Å². The van der Waals surface area contributed by atoms with Crippen molar-refractivity contribution in [3.63, 3.8) is 0 Å². The standard InChI is InChI=1S/C29H29FN8O/c30-22-14-23-21(13-20(22)18-12-19(16-31-15-18)33-29(39)17-6-2-3-7-17)25(37-36-23)28-34-26-24(8-9-32-27(26)35-28)38-10-4-1-5-11-38/h8-9,12-17H,1-7,10-11H2,(H,33,39)(H,36,37)(H,32,34,35). The van der Waals surface area contributed by atoms with Gasteiger partial charge < -0.3 is 15.2 Å². The molecule has 1 aromatic carbocycles. The number of amides is 1. The third kappa shape index (κ3) is 4.39. The fraction of sp³-hybridized carbons (Fsp3) is 0.345. The van der Waals surface area contributed by atoms with E-state index < -0.39 is 5.82 Å². The van der Waals surface area contributed by atoms with Crippen molar-refractivity contribution >= 4 is 39.3 Å². The number of hydrogen-bond acceptors (Lipinski definition) is 6. The Labute approximate surface area is 224 Å². The monoisotopic (exact) mass is 524 g/mol. The van der Waals surface area contributed by atoms with Gasteiger partial charge in [-0.15, -0.1) is 0 Å². The molecule has 5 heterocycles. The van der Waals surface area contributed by atoms with Crippen molar-refractivity contribution in [2.45, 2.75) is 44.9 Å². The lowest BCUT2D eigenvalue weighted by Crippen LogP contribution is -2.29. The summed E-state index contributed by atoms with van der Waals surface area (Å²) < 4.78 is 15.3. The normalized spacial score (nSPS) is 16.4. The number of pyridine rings is 2. The maximum atomic E-state index is 15.3. The number of aromatic amines is 2. The van der Waals surface area contributed by atoms with Crippen LogP contribution in [0.1, 0.15) is 44.9 Å².